The summed E-state index contributed by atoms with van der Waals surface area (Å²) in [5.41, 5.74) is 0.122. The van der Waals surface area contributed by atoms with Crippen LogP contribution in [0.25, 0.3) is 0 Å². The van der Waals surface area contributed by atoms with E-state index in [-0.39, 0.29) is 6.03 Å². The van der Waals surface area contributed by atoms with Crippen LogP contribution in [0.3, 0.4) is 0 Å². The number of hydrogen-bond acceptors (Lipinski definition) is 2. The molecule has 1 aromatic rings. The van der Waals surface area contributed by atoms with E-state index >= 15 is 0 Å². The van der Waals surface area contributed by atoms with Gasteiger partial charge in [0.15, 0.2) is 0 Å². The molecule has 140 valence electrons. The zero-order valence-corrected chi connectivity index (χ0v) is 14.8. The molecule has 1 saturated heterocycles. The third-order valence-corrected chi connectivity index (χ3v) is 4.69. The molecule has 0 saturated carbocycles. The van der Waals surface area contributed by atoms with Crippen LogP contribution >= 0.6 is 0 Å². The van der Waals surface area contributed by atoms with Crippen LogP contribution < -0.4 is 5.32 Å². The fraction of sp³-hybridized carbons (Fsp3) is 0.611. The maximum atomic E-state index is 12.5. The molecule has 1 fully saturated rings. The Hall–Kier alpha value is -1.76. The van der Waals surface area contributed by atoms with E-state index in [4.69, 9.17) is 0 Å². The van der Waals surface area contributed by atoms with Crippen molar-refractivity contribution in [2.75, 3.05) is 33.7 Å². The zero-order valence-electron chi connectivity index (χ0n) is 14.8. The van der Waals surface area contributed by atoms with Gasteiger partial charge in [-0.1, -0.05) is 12.1 Å². The quantitative estimate of drug-likeness (QED) is 0.897. The largest absolute Gasteiger partial charge is 0.416 e. The van der Waals surface area contributed by atoms with E-state index in [2.05, 4.69) is 24.3 Å². The minimum Gasteiger partial charge on any atom is -0.338 e. The molecule has 2 rings (SSSR count). The van der Waals surface area contributed by atoms with Crippen molar-refractivity contribution in [1.29, 1.82) is 0 Å². The predicted molar refractivity (Wildman–Crippen MR) is 91.4 cm³/mol. The van der Waals surface area contributed by atoms with Crippen LogP contribution in [0.4, 0.5) is 18.0 Å². The SMILES string of the molecule is CN(C)C1CCCN(C(=O)NCCc2ccc(C(F)(F)F)cc2)CC1. The second-order valence-electron chi connectivity index (χ2n) is 6.71. The van der Waals surface area contributed by atoms with Gasteiger partial charge in [0.05, 0.1) is 5.56 Å². The second kappa shape index (κ2) is 8.56. The van der Waals surface area contributed by atoms with Gasteiger partial charge in [0, 0.05) is 25.7 Å². The summed E-state index contributed by atoms with van der Waals surface area (Å²) in [5, 5.41) is 2.87. The third-order valence-electron chi connectivity index (χ3n) is 4.69. The average Bonchev–Trinajstić information content (AvgIpc) is 2.80. The summed E-state index contributed by atoms with van der Waals surface area (Å²) in [6, 6.07) is 5.49. The molecule has 0 bridgehead atoms. The number of hydrogen-bond donors (Lipinski definition) is 1. The van der Waals surface area contributed by atoms with Crippen molar-refractivity contribution in [1.82, 2.24) is 15.1 Å². The van der Waals surface area contributed by atoms with Crippen LogP contribution in [0.1, 0.15) is 30.4 Å². The van der Waals surface area contributed by atoms with Gasteiger partial charge < -0.3 is 15.1 Å². The first-order valence-corrected chi connectivity index (χ1v) is 8.62. The maximum Gasteiger partial charge on any atom is 0.416 e. The normalized spacial score (nSPS) is 19.0. The van der Waals surface area contributed by atoms with E-state index in [1.807, 2.05) is 4.90 Å². The van der Waals surface area contributed by atoms with E-state index < -0.39 is 11.7 Å². The Balaban J connectivity index is 1.76. The number of halogens is 3. The van der Waals surface area contributed by atoms with Gasteiger partial charge in [-0.25, -0.2) is 4.79 Å². The molecule has 2 amide bonds. The highest BCUT2D eigenvalue weighted by Gasteiger charge is 2.29. The van der Waals surface area contributed by atoms with Crippen molar-refractivity contribution in [3.63, 3.8) is 0 Å². The highest BCUT2D eigenvalue weighted by molar-refractivity contribution is 5.74. The monoisotopic (exact) mass is 357 g/mol. The number of amides is 2. The number of benzene rings is 1. The Kier molecular flexibility index (Phi) is 6.70. The molecule has 1 unspecified atom stereocenters. The van der Waals surface area contributed by atoms with Gasteiger partial charge in [-0.3, -0.25) is 0 Å². The number of likely N-dealkylation sites (tertiary alicyclic amines) is 1. The molecule has 0 spiro atoms. The minimum absolute atomic E-state index is 0.0914. The molecule has 0 radical (unpaired) electrons. The van der Waals surface area contributed by atoms with Gasteiger partial charge >= 0.3 is 12.2 Å². The minimum atomic E-state index is -4.32. The Morgan fingerprint density at radius 1 is 1.20 bits per heavy atom. The molecule has 7 heteroatoms. The lowest BCUT2D eigenvalue weighted by Crippen LogP contribution is -2.41. The molecule has 25 heavy (non-hydrogen) atoms. The molecule has 1 aliphatic heterocycles. The van der Waals surface area contributed by atoms with Crippen molar-refractivity contribution in [2.24, 2.45) is 0 Å². The van der Waals surface area contributed by atoms with E-state index in [0.29, 0.717) is 19.0 Å². The van der Waals surface area contributed by atoms with Crippen LogP contribution in [-0.4, -0.2) is 55.6 Å². The zero-order chi connectivity index (χ0) is 18.4. The molecule has 1 aliphatic rings. The molecule has 0 aliphatic carbocycles. The van der Waals surface area contributed by atoms with Gasteiger partial charge in [0.1, 0.15) is 0 Å². The Morgan fingerprint density at radius 3 is 2.48 bits per heavy atom. The molecule has 1 atom stereocenters. The molecule has 1 heterocycles. The second-order valence-corrected chi connectivity index (χ2v) is 6.71. The van der Waals surface area contributed by atoms with Crippen LogP contribution in [0.15, 0.2) is 24.3 Å². The Morgan fingerprint density at radius 2 is 1.88 bits per heavy atom. The summed E-state index contributed by atoms with van der Waals surface area (Å²) >= 11 is 0. The molecule has 1 N–H and O–H groups in total. The number of rotatable bonds is 4. The lowest BCUT2D eigenvalue weighted by Gasteiger charge is -2.23. The van der Waals surface area contributed by atoms with Crippen LogP contribution in [0, 0.1) is 0 Å². The average molecular weight is 357 g/mol. The van der Waals surface area contributed by atoms with Gasteiger partial charge in [0.2, 0.25) is 0 Å². The van der Waals surface area contributed by atoms with Crippen LogP contribution in [0.5, 0.6) is 0 Å². The van der Waals surface area contributed by atoms with E-state index in [9.17, 15) is 18.0 Å². The van der Waals surface area contributed by atoms with E-state index in [1.54, 1.807) is 0 Å². The molecule has 4 nitrogen and oxygen atoms in total. The standard InChI is InChI=1S/C18H26F3N3O/c1-23(2)16-4-3-12-24(13-10-16)17(25)22-11-9-14-5-7-15(8-6-14)18(19,20)21/h5-8,16H,3-4,9-13H2,1-2H3,(H,22,25). The number of alkyl halides is 3. The number of carbonyl (C=O) groups excluding carboxylic acids is 1. The van der Waals surface area contributed by atoms with Gasteiger partial charge in [-0.15, -0.1) is 0 Å². The summed E-state index contributed by atoms with van der Waals surface area (Å²) in [4.78, 5) is 16.3. The Labute approximate surface area is 147 Å². The first-order valence-electron chi connectivity index (χ1n) is 8.62. The highest BCUT2D eigenvalue weighted by Crippen LogP contribution is 2.29. The third kappa shape index (κ3) is 5.92. The summed E-state index contributed by atoms with van der Waals surface area (Å²) in [7, 11) is 4.12. The molecule has 0 aromatic heterocycles. The molecular weight excluding hydrogens is 331 g/mol. The topological polar surface area (TPSA) is 35.6 Å². The lowest BCUT2D eigenvalue weighted by atomic mass is 10.1. The molecule has 1 aromatic carbocycles. The Bertz CT molecular complexity index is 558. The summed E-state index contributed by atoms with van der Waals surface area (Å²) in [6.45, 7) is 1.89. The predicted octanol–water partition coefficient (Wildman–Crippen LogP) is 3.37. The number of nitrogens with one attached hydrogen (secondary N) is 1. The lowest BCUT2D eigenvalue weighted by molar-refractivity contribution is -0.137. The first kappa shape index (κ1) is 19.6. The number of nitrogens with zero attached hydrogens (tertiary/aromatic N) is 2. The number of carbonyl (C=O) groups is 1. The smallest absolute Gasteiger partial charge is 0.338 e. The van der Waals surface area contributed by atoms with Crippen molar-refractivity contribution < 1.29 is 18.0 Å². The summed E-state index contributed by atoms with van der Waals surface area (Å²) in [6.07, 6.45) is -0.779. The summed E-state index contributed by atoms with van der Waals surface area (Å²) in [5.74, 6) is 0. The van der Waals surface area contributed by atoms with Crippen LogP contribution in [-0.2, 0) is 12.6 Å². The highest BCUT2D eigenvalue weighted by atomic mass is 19.4. The summed E-state index contributed by atoms with van der Waals surface area (Å²) < 4.78 is 37.6. The van der Waals surface area contributed by atoms with Crippen molar-refractivity contribution in [3.8, 4) is 0 Å². The fourth-order valence-electron chi connectivity index (χ4n) is 3.08. The fourth-order valence-corrected chi connectivity index (χ4v) is 3.08. The van der Waals surface area contributed by atoms with Gasteiger partial charge in [-0.05, 0) is 57.5 Å². The van der Waals surface area contributed by atoms with Gasteiger partial charge in [-0.2, -0.15) is 13.2 Å². The van der Waals surface area contributed by atoms with Crippen molar-refractivity contribution in [2.45, 2.75) is 37.9 Å². The maximum absolute atomic E-state index is 12.5. The first-order chi connectivity index (χ1) is 11.8. The van der Waals surface area contributed by atoms with E-state index in [0.717, 1.165) is 50.0 Å². The number of urea groups is 1. The molecular formula is C18H26F3N3O. The van der Waals surface area contributed by atoms with Crippen LogP contribution in [0.2, 0.25) is 0 Å². The van der Waals surface area contributed by atoms with Crippen molar-refractivity contribution in [3.05, 3.63) is 35.4 Å². The van der Waals surface area contributed by atoms with Gasteiger partial charge in [0.25, 0.3) is 0 Å². The van der Waals surface area contributed by atoms with Crippen molar-refractivity contribution >= 4 is 6.03 Å². The van der Waals surface area contributed by atoms with E-state index in [1.165, 1.54) is 12.1 Å².